The van der Waals surface area contributed by atoms with Gasteiger partial charge in [0.2, 0.25) is 0 Å². The van der Waals surface area contributed by atoms with Crippen LogP contribution in [0.4, 0.5) is 0 Å². The Balaban J connectivity index is 1.63. The molecule has 4 rings (SSSR count). The van der Waals surface area contributed by atoms with Crippen molar-refractivity contribution < 1.29 is 4.42 Å². The molecular weight excluding hydrogens is 364 g/mol. The summed E-state index contributed by atoms with van der Waals surface area (Å²) in [5.74, 6) is 2.04. The number of aromatic nitrogens is 6. The lowest BCUT2D eigenvalue weighted by Crippen LogP contribution is -2.23. The number of thioether (sulfide) groups is 1. The van der Waals surface area contributed by atoms with E-state index in [1.54, 1.807) is 18.4 Å². The van der Waals surface area contributed by atoms with Gasteiger partial charge >= 0.3 is 0 Å². The molecule has 0 fully saturated rings. The minimum Gasteiger partial charge on any atom is -0.461 e. The van der Waals surface area contributed by atoms with Crippen molar-refractivity contribution in [3.8, 4) is 11.6 Å². The van der Waals surface area contributed by atoms with Gasteiger partial charge in [-0.2, -0.15) is 4.68 Å². The molecule has 4 aromatic rings. The predicted octanol–water partition coefficient (Wildman–Crippen LogP) is 3.05. The van der Waals surface area contributed by atoms with E-state index in [0.717, 1.165) is 6.54 Å². The predicted molar refractivity (Wildman–Crippen MR) is 102 cm³/mol. The fourth-order valence-corrected chi connectivity index (χ4v) is 3.56. The van der Waals surface area contributed by atoms with Crippen molar-refractivity contribution in [3.63, 3.8) is 0 Å². The first kappa shape index (κ1) is 17.5. The summed E-state index contributed by atoms with van der Waals surface area (Å²) in [6, 6.07) is 10.9. The topological polar surface area (TPSA) is 91.6 Å². The van der Waals surface area contributed by atoms with Crippen molar-refractivity contribution in [2.75, 3.05) is 0 Å². The maximum absolute atomic E-state index is 12.6. The van der Waals surface area contributed by atoms with E-state index in [4.69, 9.17) is 4.42 Å². The van der Waals surface area contributed by atoms with Crippen LogP contribution in [0.25, 0.3) is 22.5 Å². The largest absolute Gasteiger partial charge is 0.461 e. The second-order valence-electron chi connectivity index (χ2n) is 6.47. The standard InChI is InChI=1S/C18H18N6O2S/c1-12(2)10-23-16(15-8-5-9-26-15)20-21-18(23)27-11-24-17(25)13-6-3-4-7-14(13)19-22-24/h3-9,12H,10-11H2,1-2H3. The van der Waals surface area contributed by atoms with Gasteiger partial charge in [0.25, 0.3) is 5.56 Å². The minimum atomic E-state index is -0.172. The third kappa shape index (κ3) is 3.50. The lowest BCUT2D eigenvalue weighted by atomic mass is 10.2. The van der Waals surface area contributed by atoms with Gasteiger partial charge in [0.15, 0.2) is 16.7 Å². The van der Waals surface area contributed by atoms with E-state index in [2.05, 4.69) is 34.4 Å². The Morgan fingerprint density at radius 2 is 1.96 bits per heavy atom. The van der Waals surface area contributed by atoms with E-state index in [-0.39, 0.29) is 5.56 Å². The van der Waals surface area contributed by atoms with E-state index >= 15 is 0 Å². The van der Waals surface area contributed by atoms with Gasteiger partial charge < -0.3 is 4.42 Å². The summed E-state index contributed by atoms with van der Waals surface area (Å²) in [6.45, 7) is 4.99. The molecule has 8 nitrogen and oxygen atoms in total. The molecule has 0 atom stereocenters. The SMILES string of the molecule is CC(C)Cn1c(SCn2nnc3ccccc3c2=O)nnc1-c1ccco1. The quantitative estimate of drug-likeness (QED) is 0.473. The van der Waals surface area contributed by atoms with Crippen LogP contribution < -0.4 is 5.56 Å². The molecule has 0 spiro atoms. The zero-order valence-electron chi connectivity index (χ0n) is 14.9. The summed E-state index contributed by atoms with van der Waals surface area (Å²) in [5, 5.41) is 17.9. The number of rotatable bonds is 6. The summed E-state index contributed by atoms with van der Waals surface area (Å²) in [4.78, 5) is 12.6. The van der Waals surface area contributed by atoms with E-state index in [1.165, 1.54) is 16.4 Å². The van der Waals surface area contributed by atoms with Gasteiger partial charge in [0.1, 0.15) is 5.52 Å². The van der Waals surface area contributed by atoms with Crippen molar-refractivity contribution in [3.05, 3.63) is 53.0 Å². The monoisotopic (exact) mass is 382 g/mol. The first-order valence-corrected chi connectivity index (χ1v) is 9.54. The van der Waals surface area contributed by atoms with Crippen molar-refractivity contribution in [1.29, 1.82) is 0 Å². The van der Waals surface area contributed by atoms with Gasteiger partial charge in [-0.3, -0.25) is 9.36 Å². The molecule has 3 aromatic heterocycles. The van der Waals surface area contributed by atoms with Crippen molar-refractivity contribution >= 4 is 22.7 Å². The number of benzene rings is 1. The van der Waals surface area contributed by atoms with Crippen LogP contribution in [-0.4, -0.2) is 29.8 Å². The van der Waals surface area contributed by atoms with Gasteiger partial charge in [-0.25, -0.2) is 0 Å². The molecule has 0 bridgehead atoms. The van der Waals surface area contributed by atoms with Gasteiger partial charge in [-0.15, -0.1) is 15.3 Å². The molecule has 0 aliphatic heterocycles. The first-order chi connectivity index (χ1) is 13.1. The number of furan rings is 1. The Hall–Kier alpha value is -2.94. The molecule has 0 saturated heterocycles. The van der Waals surface area contributed by atoms with Gasteiger partial charge in [0, 0.05) is 6.54 Å². The molecule has 3 heterocycles. The summed E-state index contributed by atoms with van der Waals surface area (Å²) >= 11 is 1.39. The third-order valence-electron chi connectivity index (χ3n) is 3.95. The molecule has 0 aliphatic rings. The van der Waals surface area contributed by atoms with Crippen LogP contribution in [0.3, 0.4) is 0 Å². The van der Waals surface area contributed by atoms with Crippen molar-refractivity contribution in [2.45, 2.75) is 31.4 Å². The zero-order chi connectivity index (χ0) is 18.8. The van der Waals surface area contributed by atoms with E-state index in [0.29, 0.717) is 39.4 Å². The maximum Gasteiger partial charge on any atom is 0.278 e. The zero-order valence-corrected chi connectivity index (χ0v) is 15.8. The summed E-state index contributed by atoms with van der Waals surface area (Å²) in [6.07, 6.45) is 1.61. The molecule has 27 heavy (non-hydrogen) atoms. The van der Waals surface area contributed by atoms with Gasteiger partial charge in [-0.1, -0.05) is 43.0 Å². The molecule has 0 N–H and O–H groups in total. The van der Waals surface area contributed by atoms with Crippen LogP contribution in [0, 0.1) is 5.92 Å². The van der Waals surface area contributed by atoms with Crippen LogP contribution in [0.1, 0.15) is 13.8 Å². The Morgan fingerprint density at radius 1 is 1.11 bits per heavy atom. The minimum absolute atomic E-state index is 0.172. The van der Waals surface area contributed by atoms with Crippen molar-refractivity contribution in [1.82, 2.24) is 29.8 Å². The molecule has 0 unspecified atom stereocenters. The average Bonchev–Trinajstić information content (AvgIpc) is 3.31. The van der Waals surface area contributed by atoms with E-state index in [1.807, 2.05) is 28.8 Å². The van der Waals surface area contributed by atoms with Gasteiger partial charge in [-0.05, 0) is 30.2 Å². The molecule has 9 heteroatoms. The van der Waals surface area contributed by atoms with Gasteiger partial charge in [0.05, 0.1) is 17.5 Å². The molecular formula is C18H18N6O2S. The Labute approximate surface area is 159 Å². The average molecular weight is 382 g/mol. The maximum atomic E-state index is 12.6. The van der Waals surface area contributed by atoms with Crippen LogP contribution in [-0.2, 0) is 12.4 Å². The van der Waals surface area contributed by atoms with Crippen LogP contribution in [0.15, 0.2) is 57.0 Å². The second-order valence-corrected chi connectivity index (χ2v) is 7.38. The fraction of sp³-hybridized carbons (Fsp3) is 0.278. The Morgan fingerprint density at radius 3 is 2.74 bits per heavy atom. The van der Waals surface area contributed by atoms with Crippen LogP contribution in [0.5, 0.6) is 0 Å². The Kier molecular flexibility index (Phi) is 4.76. The number of hydrogen-bond donors (Lipinski definition) is 0. The number of nitrogens with zero attached hydrogens (tertiary/aromatic N) is 6. The third-order valence-corrected chi connectivity index (χ3v) is 4.89. The highest BCUT2D eigenvalue weighted by atomic mass is 32.2. The lowest BCUT2D eigenvalue weighted by Gasteiger charge is -2.11. The molecule has 0 aliphatic carbocycles. The molecule has 0 amide bonds. The molecule has 1 aromatic carbocycles. The fourth-order valence-electron chi connectivity index (χ4n) is 2.74. The molecule has 0 radical (unpaired) electrons. The number of fused-ring (bicyclic) bond motifs is 1. The highest BCUT2D eigenvalue weighted by Gasteiger charge is 2.18. The summed E-state index contributed by atoms with van der Waals surface area (Å²) in [7, 11) is 0. The van der Waals surface area contributed by atoms with Crippen molar-refractivity contribution in [2.24, 2.45) is 5.92 Å². The Bertz CT molecular complexity index is 1120. The molecule has 138 valence electrons. The highest BCUT2D eigenvalue weighted by Crippen LogP contribution is 2.26. The summed E-state index contributed by atoms with van der Waals surface area (Å²) in [5.41, 5.74) is 0.418. The van der Waals surface area contributed by atoms with E-state index < -0.39 is 0 Å². The molecule has 0 saturated carbocycles. The second kappa shape index (κ2) is 7.36. The highest BCUT2D eigenvalue weighted by molar-refractivity contribution is 7.98. The normalized spacial score (nSPS) is 11.5. The number of hydrogen-bond acceptors (Lipinski definition) is 7. The van der Waals surface area contributed by atoms with E-state index in [9.17, 15) is 4.79 Å². The first-order valence-electron chi connectivity index (χ1n) is 8.56. The summed E-state index contributed by atoms with van der Waals surface area (Å²) < 4.78 is 8.82. The van der Waals surface area contributed by atoms with Crippen LogP contribution >= 0.6 is 11.8 Å². The van der Waals surface area contributed by atoms with Crippen LogP contribution in [0.2, 0.25) is 0 Å². The lowest BCUT2D eigenvalue weighted by molar-refractivity contribution is 0.488. The smallest absolute Gasteiger partial charge is 0.278 e.